The van der Waals surface area contributed by atoms with Crippen molar-refractivity contribution in [3.63, 3.8) is 0 Å². The fourth-order valence-electron chi connectivity index (χ4n) is 3.35. The van der Waals surface area contributed by atoms with Gasteiger partial charge in [0.2, 0.25) is 0 Å². The first-order chi connectivity index (χ1) is 11.7. The lowest BCUT2D eigenvalue weighted by atomic mass is 9.97. The first-order valence-corrected chi connectivity index (χ1v) is 8.35. The summed E-state index contributed by atoms with van der Waals surface area (Å²) in [4.78, 5) is 13.5. The molecule has 2 aromatic carbocycles. The van der Waals surface area contributed by atoms with Crippen molar-refractivity contribution in [1.82, 2.24) is 4.90 Å². The van der Waals surface area contributed by atoms with Crippen molar-refractivity contribution < 1.29 is 14.6 Å². The van der Waals surface area contributed by atoms with Crippen LogP contribution in [0.3, 0.4) is 0 Å². The van der Waals surface area contributed by atoms with Crippen LogP contribution >= 0.6 is 0 Å². The molecule has 4 nitrogen and oxygen atoms in total. The number of carboxylic acids is 1. The van der Waals surface area contributed by atoms with Gasteiger partial charge in [-0.05, 0) is 42.6 Å². The molecule has 0 bridgehead atoms. The number of likely N-dealkylation sites (tertiary alicyclic amines) is 1. The topological polar surface area (TPSA) is 49.8 Å². The second-order valence-corrected chi connectivity index (χ2v) is 6.31. The van der Waals surface area contributed by atoms with Gasteiger partial charge < -0.3 is 9.84 Å². The van der Waals surface area contributed by atoms with Crippen molar-refractivity contribution in [1.29, 1.82) is 0 Å². The summed E-state index contributed by atoms with van der Waals surface area (Å²) in [5.41, 5.74) is 3.42. The fourth-order valence-corrected chi connectivity index (χ4v) is 3.35. The van der Waals surface area contributed by atoms with Crippen LogP contribution in [0.1, 0.15) is 18.4 Å². The Hall–Kier alpha value is -2.33. The van der Waals surface area contributed by atoms with E-state index in [1.165, 1.54) is 5.56 Å². The van der Waals surface area contributed by atoms with Gasteiger partial charge in [-0.2, -0.15) is 0 Å². The van der Waals surface area contributed by atoms with Crippen molar-refractivity contribution in [3.05, 3.63) is 54.1 Å². The Bertz CT molecular complexity index is 699. The summed E-state index contributed by atoms with van der Waals surface area (Å²) in [7, 11) is 1.68. The van der Waals surface area contributed by atoms with Crippen molar-refractivity contribution in [2.45, 2.75) is 19.4 Å². The summed E-state index contributed by atoms with van der Waals surface area (Å²) < 4.78 is 5.51. The van der Waals surface area contributed by atoms with E-state index in [1.54, 1.807) is 7.11 Å². The number of nitrogens with zero attached hydrogens (tertiary/aromatic N) is 1. The molecular weight excluding hydrogens is 302 g/mol. The first kappa shape index (κ1) is 16.5. The van der Waals surface area contributed by atoms with Crippen molar-refractivity contribution >= 4 is 5.97 Å². The second kappa shape index (κ2) is 7.49. The number of carboxylic acid groups (broad SMARTS) is 1. The molecule has 1 saturated heterocycles. The van der Waals surface area contributed by atoms with E-state index in [1.807, 2.05) is 24.3 Å². The number of ether oxygens (including phenoxy) is 1. The molecule has 1 aliphatic rings. The van der Waals surface area contributed by atoms with Crippen molar-refractivity contribution in [2.24, 2.45) is 5.92 Å². The van der Waals surface area contributed by atoms with E-state index < -0.39 is 5.97 Å². The number of carbonyl (C=O) groups is 1. The van der Waals surface area contributed by atoms with Gasteiger partial charge in [0.1, 0.15) is 5.75 Å². The third kappa shape index (κ3) is 3.77. The fraction of sp³-hybridized carbons (Fsp3) is 0.350. The van der Waals surface area contributed by atoms with Crippen LogP contribution in [-0.2, 0) is 11.3 Å². The standard InChI is InChI=1S/C20H23NO3/c1-24-19-10-9-16(15-6-3-2-4-7-15)12-18(19)14-21-11-5-8-17(13-21)20(22)23/h2-4,6-7,9-10,12,17H,5,8,11,13-14H2,1H3,(H,22,23). The SMILES string of the molecule is COc1ccc(-c2ccccc2)cc1CN1CCCC(C(=O)O)C1. The molecule has 0 amide bonds. The number of aliphatic carboxylic acids is 1. The van der Waals surface area contributed by atoms with Gasteiger partial charge in [0.25, 0.3) is 0 Å². The highest BCUT2D eigenvalue weighted by molar-refractivity contribution is 5.70. The smallest absolute Gasteiger partial charge is 0.307 e. The van der Waals surface area contributed by atoms with Crippen LogP contribution in [0.4, 0.5) is 0 Å². The third-order valence-corrected chi connectivity index (χ3v) is 4.64. The van der Waals surface area contributed by atoms with Gasteiger partial charge in [-0.25, -0.2) is 0 Å². The van der Waals surface area contributed by atoms with Crippen LogP contribution in [0.15, 0.2) is 48.5 Å². The van der Waals surface area contributed by atoms with Crippen LogP contribution in [0, 0.1) is 5.92 Å². The maximum absolute atomic E-state index is 11.3. The van der Waals surface area contributed by atoms with Gasteiger partial charge >= 0.3 is 5.97 Å². The lowest BCUT2D eigenvalue weighted by Gasteiger charge is -2.31. The molecule has 1 aliphatic heterocycles. The Balaban J connectivity index is 1.82. The molecule has 0 spiro atoms. The number of rotatable bonds is 5. The summed E-state index contributed by atoms with van der Waals surface area (Å²) in [5.74, 6) is -0.0983. The molecule has 3 rings (SSSR count). The molecule has 1 fully saturated rings. The van der Waals surface area contributed by atoms with Gasteiger partial charge in [0.15, 0.2) is 0 Å². The maximum Gasteiger partial charge on any atom is 0.307 e. The maximum atomic E-state index is 11.3. The summed E-state index contributed by atoms with van der Waals surface area (Å²) in [6.45, 7) is 2.25. The predicted octanol–water partition coefficient (Wildman–Crippen LogP) is 3.66. The second-order valence-electron chi connectivity index (χ2n) is 6.31. The molecular formula is C20H23NO3. The first-order valence-electron chi connectivity index (χ1n) is 8.35. The molecule has 0 aliphatic carbocycles. The van der Waals surface area contributed by atoms with Gasteiger partial charge in [0, 0.05) is 18.7 Å². The number of methoxy groups -OCH3 is 1. The molecule has 1 atom stereocenters. The van der Waals surface area contributed by atoms with Crippen molar-refractivity contribution in [3.8, 4) is 16.9 Å². The summed E-state index contributed by atoms with van der Waals surface area (Å²) >= 11 is 0. The highest BCUT2D eigenvalue weighted by Crippen LogP contribution is 2.29. The monoisotopic (exact) mass is 325 g/mol. The van der Waals surface area contributed by atoms with E-state index in [0.717, 1.165) is 36.3 Å². The molecule has 1 N–H and O–H groups in total. The Labute approximate surface area is 142 Å². The van der Waals surface area contributed by atoms with Gasteiger partial charge in [-0.1, -0.05) is 36.4 Å². The molecule has 0 aromatic heterocycles. The Morgan fingerprint density at radius 3 is 2.71 bits per heavy atom. The summed E-state index contributed by atoms with van der Waals surface area (Å²) in [6.07, 6.45) is 1.70. The molecule has 1 heterocycles. The van der Waals surface area contributed by atoms with Crippen LogP contribution < -0.4 is 4.74 Å². The largest absolute Gasteiger partial charge is 0.496 e. The molecule has 0 saturated carbocycles. The minimum absolute atomic E-state index is 0.262. The van der Waals surface area contributed by atoms with Gasteiger partial charge in [0.05, 0.1) is 13.0 Å². The minimum atomic E-state index is -0.690. The predicted molar refractivity (Wildman–Crippen MR) is 94.1 cm³/mol. The lowest BCUT2D eigenvalue weighted by molar-refractivity contribution is -0.143. The highest BCUT2D eigenvalue weighted by Gasteiger charge is 2.25. The van der Waals surface area contributed by atoms with Gasteiger partial charge in [-0.3, -0.25) is 9.69 Å². The Kier molecular flexibility index (Phi) is 5.16. The average molecular weight is 325 g/mol. The number of hydrogen-bond acceptors (Lipinski definition) is 3. The zero-order valence-electron chi connectivity index (χ0n) is 13.9. The molecule has 2 aromatic rings. The Morgan fingerprint density at radius 1 is 1.21 bits per heavy atom. The van der Waals surface area contributed by atoms with Crippen LogP contribution in [-0.4, -0.2) is 36.2 Å². The minimum Gasteiger partial charge on any atom is -0.496 e. The third-order valence-electron chi connectivity index (χ3n) is 4.64. The molecule has 4 heteroatoms. The van der Waals surface area contributed by atoms with E-state index in [-0.39, 0.29) is 5.92 Å². The quantitative estimate of drug-likeness (QED) is 0.911. The lowest BCUT2D eigenvalue weighted by Crippen LogP contribution is -2.38. The van der Waals surface area contributed by atoms with E-state index in [4.69, 9.17) is 4.74 Å². The van der Waals surface area contributed by atoms with Crippen LogP contribution in [0.25, 0.3) is 11.1 Å². The van der Waals surface area contributed by atoms with E-state index in [9.17, 15) is 9.90 Å². The highest BCUT2D eigenvalue weighted by atomic mass is 16.5. The zero-order valence-corrected chi connectivity index (χ0v) is 13.9. The Morgan fingerprint density at radius 2 is 2.00 bits per heavy atom. The summed E-state index contributed by atoms with van der Waals surface area (Å²) in [6, 6.07) is 16.5. The number of piperidine rings is 1. The normalized spacial score (nSPS) is 18.3. The van der Waals surface area contributed by atoms with Crippen LogP contribution in [0.2, 0.25) is 0 Å². The van der Waals surface area contributed by atoms with E-state index in [0.29, 0.717) is 13.1 Å². The number of benzene rings is 2. The average Bonchev–Trinajstić information content (AvgIpc) is 2.62. The molecule has 0 radical (unpaired) electrons. The summed E-state index contributed by atoms with van der Waals surface area (Å²) in [5, 5.41) is 9.26. The number of hydrogen-bond donors (Lipinski definition) is 1. The molecule has 126 valence electrons. The molecule has 24 heavy (non-hydrogen) atoms. The van der Waals surface area contributed by atoms with E-state index >= 15 is 0 Å². The zero-order chi connectivity index (χ0) is 16.9. The van der Waals surface area contributed by atoms with E-state index in [2.05, 4.69) is 29.2 Å². The van der Waals surface area contributed by atoms with Gasteiger partial charge in [-0.15, -0.1) is 0 Å². The molecule has 1 unspecified atom stereocenters. The van der Waals surface area contributed by atoms with Crippen molar-refractivity contribution in [2.75, 3.05) is 20.2 Å². The van der Waals surface area contributed by atoms with Crippen LogP contribution in [0.5, 0.6) is 5.75 Å².